The summed E-state index contributed by atoms with van der Waals surface area (Å²) in [7, 11) is 3.74. The van der Waals surface area contributed by atoms with Crippen molar-refractivity contribution in [3.05, 3.63) is 59.8 Å². The predicted molar refractivity (Wildman–Crippen MR) is 196 cm³/mol. The molecular weight excluding hydrogens is 647 g/mol. The maximum absolute atomic E-state index is 16.1. The zero-order valence-corrected chi connectivity index (χ0v) is 29.9. The van der Waals surface area contributed by atoms with Crippen LogP contribution in [-0.2, 0) is 0 Å². The first-order chi connectivity index (χ1) is 24.7. The molecule has 4 fully saturated rings. The van der Waals surface area contributed by atoms with Gasteiger partial charge in [0.05, 0.1) is 35.4 Å². The van der Waals surface area contributed by atoms with Crippen LogP contribution < -0.4 is 15.0 Å². The van der Waals surface area contributed by atoms with Gasteiger partial charge in [-0.3, -0.25) is 20.0 Å². The molecule has 0 radical (unpaired) electrons. The molecular formula is C39H49FN8O3. The Morgan fingerprint density at radius 1 is 0.980 bits per heavy atom. The van der Waals surface area contributed by atoms with Gasteiger partial charge >= 0.3 is 0 Å². The first-order valence-corrected chi connectivity index (χ1v) is 18.5. The zero-order chi connectivity index (χ0) is 35.3. The number of carbonyl (C=O) groups excluding carboxylic acids is 1. The number of rotatable bonds is 7. The van der Waals surface area contributed by atoms with Crippen LogP contribution in [0.2, 0.25) is 0 Å². The molecule has 51 heavy (non-hydrogen) atoms. The number of hydrogen-bond acceptors (Lipinski definition) is 9. The van der Waals surface area contributed by atoms with Gasteiger partial charge in [0.2, 0.25) is 5.95 Å². The number of methoxy groups -OCH3 is 1. The number of ether oxygens (including phenoxy) is 1. The standard InChI is InChI=1S/C39H49FN8O3/c1-25-20-30(35(40)36(42-25)31-22-41-15-10-34(31)51-3)37(50)44-38-43-32-9-6-28(21-33(32)48(38)27-4-7-29(49)8-5-27)46-16-11-26(12-17-46)47-23-39(24-47)13-18-45(2)19-14-39/h6,9-10,15,20-22,26-27,29,49H,4-5,7-8,11-14,16-19,23-24H2,1-3H3,(H,43,44,50)/t27-,29+. The van der Waals surface area contributed by atoms with E-state index in [2.05, 4.69) is 53.7 Å². The van der Waals surface area contributed by atoms with Crippen molar-refractivity contribution in [1.82, 2.24) is 29.3 Å². The van der Waals surface area contributed by atoms with Crippen LogP contribution in [0.3, 0.4) is 0 Å². The average molecular weight is 697 g/mol. The molecule has 4 aliphatic rings. The molecule has 1 amide bonds. The van der Waals surface area contributed by atoms with E-state index in [1.807, 2.05) is 6.07 Å². The number of carbonyl (C=O) groups is 1. The topological polar surface area (TPSA) is 112 Å². The van der Waals surface area contributed by atoms with E-state index in [0.717, 1.165) is 55.5 Å². The summed E-state index contributed by atoms with van der Waals surface area (Å²) >= 11 is 0. The van der Waals surface area contributed by atoms with Crippen molar-refractivity contribution in [2.75, 3.05) is 63.6 Å². The fourth-order valence-corrected chi connectivity index (χ4v) is 8.93. The highest BCUT2D eigenvalue weighted by Gasteiger charge is 2.46. The van der Waals surface area contributed by atoms with E-state index in [9.17, 15) is 9.90 Å². The smallest absolute Gasteiger partial charge is 0.261 e. The number of fused-ring (bicyclic) bond motifs is 1. The van der Waals surface area contributed by atoms with E-state index < -0.39 is 11.7 Å². The van der Waals surface area contributed by atoms with Gasteiger partial charge in [0.25, 0.3) is 5.91 Å². The monoisotopic (exact) mass is 696 g/mol. The molecule has 12 heteroatoms. The number of amides is 1. The third-order valence-corrected chi connectivity index (χ3v) is 12.0. The van der Waals surface area contributed by atoms with Crippen molar-refractivity contribution in [3.63, 3.8) is 0 Å². The highest BCUT2D eigenvalue weighted by atomic mass is 19.1. The van der Waals surface area contributed by atoms with Gasteiger partial charge in [0, 0.05) is 62.0 Å². The lowest BCUT2D eigenvalue weighted by Crippen LogP contribution is -2.63. The molecule has 0 atom stereocenters. The van der Waals surface area contributed by atoms with E-state index in [0.29, 0.717) is 47.3 Å². The quantitative estimate of drug-likeness (QED) is 0.252. The van der Waals surface area contributed by atoms with Crippen LogP contribution >= 0.6 is 0 Å². The Kier molecular flexibility index (Phi) is 9.18. The third kappa shape index (κ3) is 6.58. The summed E-state index contributed by atoms with van der Waals surface area (Å²) in [5.41, 5.74) is 4.13. The SMILES string of the molecule is COc1ccncc1-c1nc(C)cc(C(=O)Nc2nc3ccc(N4CCC(N5CC6(CCN(C)CC6)C5)CC4)cc3n2[C@H]2CC[C@@H](O)CC2)c1F. The summed E-state index contributed by atoms with van der Waals surface area (Å²) in [6.45, 7) is 8.68. The molecule has 1 saturated carbocycles. The summed E-state index contributed by atoms with van der Waals surface area (Å²) in [5.74, 6) is -0.568. The molecule has 2 N–H and O–H groups in total. The summed E-state index contributed by atoms with van der Waals surface area (Å²) in [4.78, 5) is 35.0. The molecule has 1 spiro atoms. The van der Waals surface area contributed by atoms with Crippen LogP contribution in [0.5, 0.6) is 5.75 Å². The fourth-order valence-electron chi connectivity index (χ4n) is 8.93. The second-order valence-electron chi connectivity index (χ2n) is 15.4. The zero-order valence-electron chi connectivity index (χ0n) is 29.9. The molecule has 0 unspecified atom stereocenters. The van der Waals surface area contributed by atoms with Crippen molar-refractivity contribution in [1.29, 1.82) is 0 Å². The van der Waals surface area contributed by atoms with Crippen LogP contribution in [0, 0.1) is 18.2 Å². The number of benzene rings is 1. The largest absolute Gasteiger partial charge is 0.496 e. The second kappa shape index (κ2) is 13.8. The second-order valence-corrected chi connectivity index (χ2v) is 15.4. The number of pyridine rings is 2. The highest BCUT2D eigenvalue weighted by molar-refractivity contribution is 6.05. The Bertz CT molecular complexity index is 1900. The van der Waals surface area contributed by atoms with Gasteiger partial charge in [-0.15, -0.1) is 0 Å². The number of aryl methyl sites for hydroxylation is 1. The summed E-state index contributed by atoms with van der Waals surface area (Å²) in [6.07, 6.45) is 10.5. The van der Waals surface area contributed by atoms with Crippen molar-refractivity contribution in [2.45, 2.75) is 76.5 Å². The Morgan fingerprint density at radius 2 is 1.73 bits per heavy atom. The Balaban J connectivity index is 1.04. The Labute approximate surface area is 298 Å². The van der Waals surface area contributed by atoms with Gasteiger partial charge in [-0.05, 0) is 114 Å². The normalized spacial score (nSPS) is 23.0. The lowest BCUT2D eigenvalue weighted by atomic mass is 9.71. The number of nitrogens with one attached hydrogen (secondary N) is 1. The molecule has 270 valence electrons. The average Bonchev–Trinajstić information content (AvgIpc) is 3.49. The lowest BCUT2D eigenvalue weighted by molar-refractivity contribution is -0.0704. The van der Waals surface area contributed by atoms with Crippen molar-refractivity contribution in [3.8, 4) is 17.0 Å². The van der Waals surface area contributed by atoms with Gasteiger partial charge in [0.1, 0.15) is 11.4 Å². The minimum absolute atomic E-state index is 0.00344. The number of aromatic nitrogens is 4. The molecule has 3 aromatic heterocycles. The molecule has 8 rings (SSSR count). The van der Waals surface area contributed by atoms with E-state index in [4.69, 9.17) is 9.72 Å². The predicted octanol–water partition coefficient (Wildman–Crippen LogP) is 5.67. The third-order valence-electron chi connectivity index (χ3n) is 12.0. The van der Waals surface area contributed by atoms with Crippen LogP contribution in [0.25, 0.3) is 22.3 Å². The molecule has 6 heterocycles. The van der Waals surface area contributed by atoms with E-state index >= 15 is 4.39 Å². The van der Waals surface area contributed by atoms with E-state index in [-0.39, 0.29) is 23.4 Å². The molecule has 3 aliphatic heterocycles. The lowest BCUT2D eigenvalue weighted by Gasteiger charge is -2.57. The molecule has 0 bridgehead atoms. The summed E-state index contributed by atoms with van der Waals surface area (Å²) in [5, 5.41) is 13.3. The maximum atomic E-state index is 16.1. The summed E-state index contributed by atoms with van der Waals surface area (Å²) in [6, 6.07) is 10.1. The number of piperidine rings is 2. The number of halogens is 1. The minimum Gasteiger partial charge on any atom is -0.496 e. The van der Waals surface area contributed by atoms with Crippen LogP contribution in [-0.4, -0.2) is 106 Å². The van der Waals surface area contributed by atoms with Gasteiger partial charge < -0.3 is 24.2 Å². The molecule has 1 aliphatic carbocycles. The van der Waals surface area contributed by atoms with E-state index in [1.54, 1.807) is 19.2 Å². The van der Waals surface area contributed by atoms with Gasteiger partial charge in [-0.2, -0.15) is 0 Å². The Hall–Kier alpha value is -4.13. The number of nitrogens with zero attached hydrogens (tertiary/aromatic N) is 7. The molecule has 11 nitrogen and oxygen atoms in total. The number of anilines is 2. The number of aliphatic hydroxyl groups is 1. The highest BCUT2D eigenvalue weighted by Crippen LogP contribution is 2.43. The van der Waals surface area contributed by atoms with Crippen molar-refractivity contribution in [2.24, 2.45) is 5.41 Å². The van der Waals surface area contributed by atoms with Gasteiger partial charge in [-0.1, -0.05) is 0 Å². The number of imidazole rings is 1. The fraction of sp³-hybridized carbons (Fsp3) is 0.538. The number of likely N-dealkylation sites (tertiary alicyclic amines) is 2. The maximum Gasteiger partial charge on any atom is 0.261 e. The first kappa shape index (κ1) is 34.0. The molecule has 1 aromatic carbocycles. The van der Waals surface area contributed by atoms with Crippen molar-refractivity contribution >= 4 is 28.6 Å². The minimum atomic E-state index is -0.752. The van der Waals surface area contributed by atoms with Gasteiger partial charge in [-0.25, -0.2) is 14.4 Å². The summed E-state index contributed by atoms with van der Waals surface area (Å²) < 4.78 is 23.6. The van der Waals surface area contributed by atoms with Gasteiger partial charge in [0.15, 0.2) is 5.82 Å². The number of hydrogen-bond donors (Lipinski definition) is 2. The van der Waals surface area contributed by atoms with Crippen molar-refractivity contribution < 1.29 is 19.0 Å². The van der Waals surface area contributed by atoms with Crippen LogP contribution in [0.15, 0.2) is 42.7 Å². The van der Waals surface area contributed by atoms with E-state index in [1.165, 1.54) is 58.4 Å². The number of aliphatic hydroxyl groups excluding tert-OH is 1. The first-order valence-electron chi connectivity index (χ1n) is 18.5. The molecule has 3 saturated heterocycles. The Morgan fingerprint density at radius 3 is 2.45 bits per heavy atom. The van der Waals surface area contributed by atoms with Crippen LogP contribution in [0.1, 0.15) is 73.5 Å². The molecule has 4 aromatic rings. The van der Waals surface area contributed by atoms with Crippen LogP contribution in [0.4, 0.5) is 16.0 Å².